The third kappa shape index (κ3) is 4.56. The van der Waals surface area contributed by atoms with Gasteiger partial charge in [0.25, 0.3) is 0 Å². The summed E-state index contributed by atoms with van der Waals surface area (Å²) < 4.78 is 7.29. The summed E-state index contributed by atoms with van der Waals surface area (Å²) in [6.07, 6.45) is 4.65. The molecular weight excluding hydrogens is 316 g/mol. The summed E-state index contributed by atoms with van der Waals surface area (Å²) in [7, 11) is 3.97. The Labute approximate surface area is 148 Å². The van der Waals surface area contributed by atoms with Gasteiger partial charge in [0.1, 0.15) is 23.9 Å². The fourth-order valence-electron chi connectivity index (χ4n) is 3.06. The van der Waals surface area contributed by atoms with Crippen LogP contribution in [0.25, 0.3) is 0 Å². The second-order valence-electron chi connectivity index (χ2n) is 6.51. The van der Waals surface area contributed by atoms with Crippen molar-refractivity contribution in [2.24, 2.45) is 7.05 Å². The lowest BCUT2D eigenvalue weighted by atomic mass is 10.1. The Bertz CT molecular complexity index is 744. The van der Waals surface area contributed by atoms with Gasteiger partial charge >= 0.3 is 0 Å². The van der Waals surface area contributed by atoms with Crippen LogP contribution >= 0.6 is 0 Å². The number of rotatable bonds is 7. The van der Waals surface area contributed by atoms with Gasteiger partial charge in [-0.15, -0.1) is 0 Å². The van der Waals surface area contributed by atoms with Crippen molar-refractivity contribution in [3.8, 4) is 6.07 Å². The van der Waals surface area contributed by atoms with Crippen LogP contribution in [0.1, 0.15) is 29.3 Å². The van der Waals surface area contributed by atoms with Crippen LogP contribution in [0, 0.1) is 11.3 Å². The number of nitrogens with one attached hydrogen (secondary N) is 1. The van der Waals surface area contributed by atoms with Gasteiger partial charge in [0.15, 0.2) is 0 Å². The van der Waals surface area contributed by atoms with Crippen LogP contribution in [0.5, 0.6) is 0 Å². The summed E-state index contributed by atoms with van der Waals surface area (Å²) in [4.78, 5) is 10.9. The molecule has 0 spiro atoms. The zero-order valence-electron chi connectivity index (χ0n) is 14.8. The molecule has 1 atom stereocenters. The topological polar surface area (TPSA) is 79.0 Å². The molecular formula is C18H24N6O. The smallest absolute Gasteiger partial charge is 0.129 e. The fourth-order valence-corrected chi connectivity index (χ4v) is 3.06. The molecule has 3 rings (SSSR count). The van der Waals surface area contributed by atoms with Crippen molar-refractivity contribution >= 4 is 5.82 Å². The number of nitriles is 1. The number of ether oxygens (including phenoxy) is 1. The van der Waals surface area contributed by atoms with Crippen LogP contribution in [-0.4, -0.2) is 52.8 Å². The average Bonchev–Trinajstić information content (AvgIpc) is 3.25. The third-order valence-corrected chi connectivity index (χ3v) is 4.46. The van der Waals surface area contributed by atoms with Crippen LogP contribution < -0.4 is 5.32 Å². The van der Waals surface area contributed by atoms with Crippen molar-refractivity contribution in [3.05, 3.63) is 41.6 Å². The molecule has 0 radical (unpaired) electrons. The summed E-state index contributed by atoms with van der Waals surface area (Å²) in [5.41, 5.74) is 2.88. The summed E-state index contributed by atoms with van der Waals surface area (Å²) in [6, 6.07) is 6.15. The molecule has 0 unspecified atom stereocenters. The van der Waals surface area contributed by atoms with Crippen LogP contribution in [0.15, 0.2) is 24.7 Å². The van der Waals surface area contributed by atoms with E-state index >= 15 is 0 Å². The van der Waals surface area contributed by atoms with Gasteiger partial charge in [-0.1, -0.05) is 0 Å². The predicted octanol–water partition coefficient (Wildman–Crippen LogP) is 1.73. The van der Waals surface area contributed by atoms with E-state index < -0.39 is 0 Å². The van der Waals surface area contributed by atoms with Crippen LogP contribution in [0.4, 0.5) is 5.82 Å². The van der Waals surface area contributed by atoms with Crippen LogP contribution in [-0.2, 0) is 18.3 Å². The third-order valence-electron chi connectivity index (χ3n) is 4.46. The second kappa shape index (κ2) is 8.10. The molecule has 132 valence electrons. The normalized spacial score (nSPS) is 17.0. The highest BCUT2D eigenvalue weighted by Crippen LogP contribution is 2.24. The van der Waals surface area contributed by atoms with Gasteiger partial charge in [-0.05, 0) is 25.1 Å². The van der Waals surface area contributed by atoms with Crippen LogP contribution in [0.3, 0.4) is 0 Å². The molecule has 25 heavy (non-hydrogen) atoms. The quantitative estimate of drug-likeness (QED) is 0.827. The molecule has 0 amide bonds. The van der Waals surface area contributed by atoms with E-state index in [0.29, 0.717) is 11.6 Å². The minimum Gasteiger partial charge on any atom is -0.381 e. The van der Waals surface area contributed by atoms with Gasteiger partial charge in [0, 0.05) is 51.5 Å². The first-order valence-corrected chi connectivity index (χ1v) is 8.53. The lowest BCUT2D eigenvalue weighted by Crippen LogP contribution is -2.25. The summed E-state index contributed by atoms with van der Waals surface area (Å²) in [6.45, 7) is 4.05. The summed E-state index contributed by atoms with van der Waals surface area (Å²) in [5, 5.41) is 12.4. The van der Waals surface area contributed by atoms with E-state index in [1.54, 1.807) is 6.33 Å². The van der Waals surface area contributed by atoms with Crippen molar-refractivity contribution in [2.75, 3.05) is 38.7 Å². The lowest BCUT2D eigenvalue weighted by molar-refractivity contribution is 0.193. The SMILES string of the molecule is CN(CCNc1cc([C@@H]2CCOC2)ncn1)Cc1cc(C#N)n(C)c1. The van der Waals surface area contributed by atoms with Crippen molar-refractivity contribution in [1.29, 1.82) is 5.26 Å². The molecule has 0 saturated carbocycles. The van der Waals surface area contributed by atoms with E-state index in [2.05, 4.69) is 33.3 Å². The summed E-state index contributed by atoms with van der Waals surface area (Å²) >= 11 is 0. The lowest BCUT2D eigenvalue weighted by Gasteiger charge is -2.16. The number of hydrogen-bond donors (Lipinski definition) is 1. The van der Waals surface area contributed by atoms with E-state index in [1.165, 1.54) is 0 Å². The molecule has 1 aliphatic rings. The van der Waals surface area contributed by atoms with E-state index in [0.717, 1.165) is 56.3 Å². The molecule has 0 aliphatic carbocycles. The molecule has 3 heterocycles. The van der Waals surface area contributed by atoms with E-state index in [1.807, 2.05) is 29.9 Å². The highest BCUT2D eigenvalue weighted by Gasteiger charge is 2.19. The zero-order chi connectivity index (χ0) is 17.6. The Morgan fingerprint density at radius 1 is 1.44 bits per heavy atom. The fraction of sp³-hybridized carbons (Fsp3) is 0.500. The Balaban J connectivity index is 1.47. The van der Waals surface area contributed by atoms with Crippen molar-refractivity contribution in [3.63, 3.8) is 0 Å². The largest absolute Gasteiger partial charge is 0.381 e. The van der Waals surface area contributed by atoms with E-state index in [-0.39, 0.29) is 0 Å². The number of aromatic nitrogens is 3. The Kier molecular flexibility index (Phi) is 5.64. The minimum atomic E-state index is 0.388. The maximum atomic E-state index is 9.02. The van der Waals surface area contributed by atoms with Crippen molar-refractivity contribution in [2.45, 2.75) is 18.9 Å². The molecule has 0 aromatic carbocycles. The first-order chi connectivity index (χ1) is 12.2. The molecule has 2 aromatic heterocycles. The van der Waals surface area contributed by atoms with E-state index in [9.17, 15) is 0 Å². The van der Waals surface area contributed by atoms with Gasteiger partial charge in [-0.2, -0.15) is 5.26 Å². The van der Waals surface area contributed by atoms with E-state index in [4.69, 9.17) is 10.00 Å². The number of aryl methyl sites for hydroxylation is 1. The predicted molar refractivity (Wildman–Crippen MR) is 95.2 cm³/mol. The van der Waals surface area contributed by atoms with Gasteiger partial charge in [0.2, 0.25) is 0 Å². The molecule has 7 nitrogen and oxygen atoms in total. The zero-order valence-corrected chi connectivity index (χ0v) is 14.8. The molecule has 0 bridgehead atoms. The number of likely N-dealkylation sites (N-methyl/N-ethyl adjacent to an activating group) is 1. The molecule has 1 fully saturated rings. The molecule has 1 N–H and O–H groups in total. The number of nitrogens with zero attached hydrogens (tertiary/aromatic N) is 5. The maximum Gasteiger partial charge on any atom is 0.129 e. The van der Waals surface area contributed by atoms with Gasteiger partial charge in [-0.3, -0.25) is 0 Å². The van der Waals surface area contributed by atoms with Gasteiger partial charge in [0.05, 0.1) is 12.3 Å². The highest BCUT2D eigenvalue weighted by atomic mass is 16.5. The first-order valence-electron chi connectivity index (χ1n) is 8.53. The standard InChI is InChI=1S/C18H24N6O/c1-23(10-14-7-16(9-19)24(2)11-14)5-4-20-18-8-17(21-13-22-18)15-3-6-25-12-15/h7-8,11,13,15H,3-6,10,12H2,1-2H3,(H,20,21,22)/t15-/m1/s1. The molecule has 1 aliphatic heterocycles. The Morgan fingerprint density at radius 3 is 3.04 bits per heavy atom. The molecule has 7 heteroatoms. The number of anilines is 1. The number of hydrogen-bond acceptors (Lipinski definition) is 6. The maximum absolute atomic E-state index is 9.02. The summed E-state index contributed by atoms with van der Waals surface area (Å²) in [5.74, 6) is 1.25. The van der Waals surface area contributed by atoms with Crippen molar-refractivity contribution in [1.82, 2.24) is 19.4 Å². The molecule has 1 saturated heterocycles. The second-order valence-corrected chi connectivity index (χ2v) is 6.51. The van der Waals surface area contributed by atoms with Gasteiger partial charge < -0.3 is 19.5 Å². The minimum absolute atomic E-state index is 0.388. The highest BCUT2D eigenvalue weighted by molar-refractivity contribution is 5.36. The Hall–Kier alpha value is -2.43. The van der Waals surface area contributed by atoms with Gasteiger partial charge in [-0.25, -0.2) is 9.97 Å². The average molecular weight is 340 g/mol. The molecule has 2 aromatic rings. The van der Waals surface area contributed by atoms with Crippen LogP contribution in [0.2, 0.25) is 0 Å². The monoisotopic (exact) mass is 340 g/mol. The first kappa shape index (κ1) is 17.4. The van der Waals surface area contributed by atoms with Crippen molar-refractivity contribution < 1.29 is 4.74 Å². The Morgan fingerprint density at radius 2 is 2.32 bits per heavy atom.